The monoisotopic (exact) mass is 565 g/mol. The van der Waals surface area contributed by atoms with Gasteiger partial charge in [-0.05, 0) is 24.7 Å². The van der Waals surface area contributed by atoms with Gasteiger partial charge in [0.1, 0.15) is 0 Å². The molecule has 0 spiro atoms. The third-order valence-electron chi connectivity index (χ3n) is 5.47. The molecule has 1 aromatic rings. The van der Waals surface area contributed by atoms with Crippen LogP contribution in [0.4, 0.5) is 0 Å². The van der Waals surface area contributed by atoms with Gasteiger partial charge < -0.3 is 34.1 Å². The average Bonchev–Trinajstić information content (AvgIpc) is 2.80. The predicted octanol–water partition coefficient (Wildman–Crippen LogP) is 1.60. The molecule has 1 aliphatic rings. The second-order valence-corrected chi connectivity index (χ2v) is 7.57. The lowest BCUT2D eigenvalue weighted by molar-refractivity contribution is 0.161. The molecular weight excluding hydrogens is 525 g/mol. The van der Waals surface area contributed by atoms with Crippen LogP contribution in [0.5, 0.6) is 17.2 Å². The van der Waals surface area contributed by atoms with Crippen molar-refractivity contribution in [1.29, 1.82) is 0 Å². The third-order valence-corrected chi connectivity index (χ3v) is 5.47. The first-order chi connectivity index (χ1) is 15.1. The molecule has 1 saturated heterocycles. The zero-order chi connectivity index (χ0) is 22.6. The number of benzene rings is 1. The normalized spacial score (nSPS) is 14.8. The SMILES string of the molecule is CN=C(NCCN(C)CCOC)N1CCN(Cc2cc(OC)c(OC)c(OC)c2)CC1.I. The molecule has 1 aromatic carbocycles. The number of guanidine groups is 1. The highest BCUT2D eigenvalue weighted by Crippen LogP contribution is 2.38. The zero-order valence-electron chi connectivity index (χ0n) is 20.3. The number of methoxy groups -OCH3 is 4. The fourth-order valence-electron chi connectivity index (χ4n) is 3.65. The average molecular weight is 565 g/mol. The molecule has 1 aliphatic heterocycles. The van der Waals surface area contributed by atoms with Crippen molar-refractivity contribution in [2.45, 2.75) is 6.54 Å². The van der Waals surface area contributed by atoms with E-state index in [1.807, 2.05) is 19.2 Å². The number of nitrogens with zero attached hydrogens (tertiary/aromatic N) is 4. The molecule has 0 amide bonds. The lowest BCUT2D eigenvalue weighted by Crippen LogP contribution is -2.52. The Labute approximate surface area is 210 Å². The number of aliphatic imine (C=N–C) groups is 1. The summed E-state index contributed by atoms with van der Waals surface area (Å²) in [7, 11) is 10.6. The van der Waals surface area contributed by atoms with Crippen molar-refractivity contribution in [1.82, 2.24) is 20.0 Å². The van der Waals surface area contributed by atoms with Crippen LogP contribution in [0.2, 0.25) is 0 Å². The smallest absolute Gasteiger partial charge is 0.203 e. The second-order valence-electron chi connectivity index (χ2n) is 7.57. The van der Waals surface area contributed by atoms with Crippen molar-refractivity contribution in [2.75, 3.05) is 95.0 Å². The summed E-state index contributed by atoms with van der Waals surface area (Å²) in [4.78, 5) is 11.5. The number of piperazine rings is 1. The standard InChI is InChI=1S/C22H39N5O4.HI/c1-23-22(24-7-8-25(2)13-14-28-3)27-11-9-26(10-12-27)17-18-15-19(29-4)21(31-6)20(16-18)30-5;/h15-16H,7-14,17H2,1-6H3,(H,23,24);1H. The van der Waals surface area contributed by atoms with Gasteiger partial charge in [-0.2, -0.15) is 0 Å². The number of halogens is 1. The zero-order valence-corrected chi connectivity index (χ0v) is 22.7. The van der Waals surface area contributed by atoms with Crippen molar-refractivity contribution < 1.29 is 18.9 Å². The Morgan fingerprint density at radius 2 is 1.62 bits per heavy atom. The number of ether oxygens (including phenoxy) is 4. The maximum Gasteiger partial charge on any atom is 0.203 e. The molecule has 0 unspecified atom stereocenters. The van der Waals surface area contributed by atoms with Gasteiger partial charge in [-0.1, -0.05) is 0 Å². The lowest BCUT2D eigenvalue weighted by atomic mass is 10.1. The molecule has 0 radical (unpaired) electrons. The van der Waals surface area contributed by atoms with Crippen LogP contribution in [0, 0.1) is 0 Å². The highest BCUT2D eigenvalue weighted by Gasteiger charge is 2.21. The molecule has 0 aliphatic carbocycles. The summed E-state index contributed by atoms with van der Waals surface area (Å²) in [5, 5.41) is 3.48. The minimum Gasteiger partial charge on any atom is -0.493 e. The van der Waals surface area contributed by atoms with Crippen molar-refractivity contribution in [3.8, 4) is 17.2 Å². The first-order valence-electron chi connectivity index (χ1n) is 10.7. The minimum atomic E-state index is 0. The van der Waals surface area contributed by atoms with Crippen LogP contribution in [-0.4, -0.2) is 116 Å². The topological polar surface area (TPSA) is 71.0 Å². The summed E-state index contributed by atoms with van der Waals surface area (Å²) in [5.41, 5.74) is 1.14. The molecule has 1 fully saturated rings. The van der Waals surface area contributed by atoms with Crippen molar-refractivity contribution in [3.05, 3.63) is 17.7 Å². The number of rotatable bonds is 11. The Kier molecular flexibility index (Phi) is 13.7. The maximum absolute atomic E-state index is 5.48. The van der Waals surface area contributed by atoms with Gasteiger partial charge in [0.05, 0.1) is 27.9 Å². The van der Waals surface area contributed by atoms with E-state index in [9.17, 15) is 0 Å². The molecule has 1 N–H and O–H groups in total. The van der Waals surface area contributed by atoms with E-state index in [0.717, 1.165) is 70.5 Å². The fourth-order valence-corrected chi connectivity index (χ4v) is 3.65. The van der Waals surface area contributed by atoms with Crippen molar-refractivity contribution >= 4 is 29.9 Å². The van der Waals surface area contributed by atoms with E-state index in [1.54, 1.807) is 28.4 Å². The Bertz CT molecular complexity index is 674. The number of likely N-dealkylation sites (N-methyl/N-ethyl adjacent to an activating group) is 1. The molecule has 184 valence electrons. The van der Waals surface area contributed by atoms with Gasteiger partial charge in [-0.25, -0.2) is 0 Å². The molecular formula is C22H40IN5O4. The quantitative estimate of drug-likeness (QED) is 0.247. The summed E-state index contributed by atoms with van der Waals surface area (Å²) < 4.78 is 21.5. The molecule has 0 atom stereocenters. The van der Waals surface area contributed by atoms with Crippen LogP contribution < -0.4 is 19.5 Å². The predicted molar refractivity (Wildman–Crippen MR) is 139 cm³/mol. The van der Waals surface area contributed by atoms with Crippen LogP contribution >= 0.6 is 24.0 Å². The molecule has 1 heterocycles. The van der Waals surface area contributed by atoms with Crippen LogP contribution in [0.25, 0.3) is 0 Å². The number of hydrogen-bond acceptors (Lipinski definition) is 7. The van der Waals surface area contributed by atoms with Crippen LogP contribution in [0.15, 0.2) is 17.1 Å². The highest BCUT2D eigenvalue weighted by molar-refractivity contribution is 14.0. The molecule has 10 heteroatoms. The Hall–Kier alpha value is -1.50. The summed E-state index contributed by atoms with van der Waals surface area (Å²) in [6.45, 7) is 8.11. The largest absolute Gasteiger partial charge is 0.493 e. The Balaban J connectivity index is 0.00000512. The van der Waals surface area contributed by atoms with Gasteiger partial charge in [0.2, 0.25) is 5.75 Å². The van der Waals surface area contributed by atoms with Gasteiger partial charge in [0.15, 0.2) is 17.5 Å². The highest BCUT2D eigenvalue weighted by atomic mass is 127. The van der Waals surface area contributed by atoms with Gasteiger partial charge in [0, 0.05) is 66.5 Å². The van der Waals surface area contributed by atoms with E-state index >= 15 is 0 Å². The fraction of sp³-hybridized carbons (Fsp3) is 0.682. The molecule has 0 bridgehead atoms. The third kappa shape index (κ3) is 8.45. The van der Waals surface area contributed by atoms with E-state index in [0.29, 0.717) is 17.2 Å². The first-order valence-corrected chi connectivity index (χ1v) is 10.7. The summed E-state index contributed by atoms with van der Waals surface area (Å²) in [6.07, 6.45) is 0. The number of hydrogen-bond donors (Lipinski definition) is 1. The van der Waals surface area contributed by atoms with Gasteiger partial charge in [0.25, 0.3) is 0 Å². The first kappa shape index (κ1) is 28.5. The molecule has 9 nitrogen and oxygen atoms in total. The second kappa shape index (κ2) is 15.4. The van der Waals surface area contributed by atoms with Crippen LogP contribution in [-0.2, 0) is 11.3 Å². The number of nitrogens with one attached hydrogen (secondary N) is 1. The Morgan fingerprint density at radius 3 is 2.12 bits per heavy atom. The lowest BCUT2D eigenvalue weighted by Gasteiger charge is -2.36. The Morgan fingerprint density at radius 1 is 1.00 bits per heavy atom. The molecule has 0 aromatic heterocycles. The van der Waals surface area contributed by atoms with Crippen LogP contribution in [0.3, 0.4) is 0 Å². The van der Waals surface area contributed by atoms with Crippen molar-refractivity contribution in [2.24, 2.45) is 4.99 Å². The summed E-state index contributed by atoms with van der Waals surface area (Å²) in [6, 6.07) is 4.04. The summed E-state index contributed by atoms with van der Waals surface area (Å²) >= 11 is 0. The molecule has 2 rings (SSSR count). The summed E-state index contributed by atoms with van der Waals surface area (Å²) in [5.74, 6) is 2.97. The van der Waals surface area contributed by atoms with E-state index in [1.165, 1.54) is 0 Å². The minimum absolute atomic E-state index is 0. The van der Waals surface area contributed by atoms with Crippen LogP contribution in [0.1, 0.15) is 5.56 Å². The maximum atomic E-state index is 5.48. The van der Waals surface area contributed by atoms with Crippen molar-refractivity contribution in [3.63, 3.8) is 0 Å². The molecule has 32 heavy (non-hydrogen) atoms. The van der Waals surface area contributed by atoms with Gasteiger partial charge in [-0.3, -0.25) is 9.89 Å². The van der Waals surface area contributed by atoms with E-state index < -0.39 is 0 Å². The van der Waals surface area contributed by atoms with E-state index in [4.69, 9.17) is 18.9 Å². The van der Waals surface area contributed by atoms with Gasteiger partial charge in [-0.15, -0.1) is 24.0 Å². The molecule has 0 saturated carbocycles. The van der Waals surface area contributed by atoms with E-state index in [-0.39, 0.29) is 24.0 Å². The van der Waals surface area contributed by atoms with E-state index in [2.05, 4.69) is 32.1 Å². The van der Waals surface area contributed by atoms with Gasteiger partial charge >= 0.3 is 0 Å².